The fourth-order valence-electron chi connectivity index (χ4n) is 4.76. The maximum atomic E-state index is 14.0. The number of benzene rings is 2. The molecule has 0 saturated carbocycles. The molecule has 0 bridgehead atoms. The molecule has 208 valence electrons. The predicted octanol–water partition coefficient (Wildman–Crippen LogP) is 7.46. The van der Waals surface area contributed by atoms with Crippen LogP contribution in [-0.4, -0.2) is 22.1 Å². The van der Waals surface area contributed by atoms with Gasteiger partial charge in [-0.25, -0.2) is 4.79 Å². The lowest BCUT2D eigenvalue weighted by Crippen LogP contribution is -2.28. The van der Waals surface area contributed by atoms with E-state index in [4.69, 9.17) is 4.74 Å². The molecule has 10 heteroatoms. The number of ether oxygens (including phenoxy) is 1. The molecule has 0 unspecified atom stereocenters. The van der Waals surface area contributed by atoms with Crippen LogP contribution in [0.2, 0.25) is 0 Å². The Kier molecular flexibility index (Phi) is 7.32. The van der Waals surface area contributed by atoms with Gasteiger partial charge in [-0.1, -0.05) is 35.9 Å². The first kappa shape index (κ1) is 27.9. The van der Waals surface area contributed by atoms with E-state index in [0.29, 0.717) is 16.1 Å². The molecule has 0 aliphatic carbocycles. The largest absolute Gasteiger partial charge is 0.461 e. The van der Waals surface area contributed by atoms with Crippen molar-refractivity contribution in [3.05, 3.63) is 105 Å². The van der Waals surface area contributed by atoms with Gasteiger partial charge in [0.2, 0.25) is 0 Å². The highest BCUT2D eigenvalue weighted by atomic mass is 32.1. The normalized spacial score (nSPS) is 11.5. The van der Waals surface area contributed by atoms with Crippen molar-refractivity contribution in [2.45, 2.75) is 33.5 Å². The zero-order valence-corrected chi connectivity index (χ0v) is 23.2. The van der Waals surface area contributed by atoms with Crippen molar-refractivity contribution in [3.63, 3.8) is 0 Å². The molecule has 41 heavy (non-hydrogen) atoms. The lowest BCUT2D eigenvalue weighted by molar-refractivity contribution is -0.137. The molecule has 2 aromatic carbocycles. The number of aromatic amines is 1. The molecule has 0 fully saturated rings. The summed E-state index contributed by atoms with van der Waals surface area (Å²) in [6, 6.07) is 18.7. The van der Waals surface area contributed by atoms with Crippen LogP contribution in [0.1, 0.15) is 45.2 Å². The van der Waals surface area contributed by atoms with Gasteiger partial charge in [-0.05, 0) is 67.8 Å². The fourth-order valence-corrected chi connectivity index (χ4v) is 5.79. The summed E-state index contributed by atoms with van der Waals surface area (Å²) in [6.07, 6.45) is -4.88. The first-order valence-corrected chi connectivity index (χ1v) is 13.5. The van der Waals surface area contributed by atoms with Crippen molar-refractivity contribution in [2.24, 2.45) is 0 Å². The minimum atomic E-state index is -4.88. The average molecular weight is 576 g/mol. The summed E-state index contributed by atoms with van der Waals surface area (Å²) in [4.78, 5) is 29.7. The average Bonchev–Trinajstić information content (AvgIpc) is 3.57. The highest BCUT2D eigenvalue weighted by Crippen LogP contribution is 2.39. The summed E-state index contributed by atoms with van der Waals surface area (Å²) < 4.78 is 48.2. The van der Waals surface area contributed by atoms with E-state index in [1.54, 1.807) is 25.1 Å². The third-order valence-corrected chi connectivity index (χ3v) is 7.96. The van der Waals surface area contributed by atoms with Crippen molar-refractivity contribution in [1.29, 1.82) is 5.26 Å². The number of nitrogens with one attached hydrogen (secondary N) is 1. The summed E-state index contributed by atoms with van der Waals surface area (Å²) in [7, 11) is 0. The standard InChI is InChI=1S/C31H24F3N3O3S/c1-4-40-30(39)25-12-19-7-8-20(13-24(19)36-25)27-9-10-28(41-27)26-14-23(31(32,33)34)22(15-35)29(38)37(26)16-21-6-5-17(2)11-18(21)3/h5-14,36H,4,16H2,1-3H3. The molecule has 0 radical (unpaired) electrons. The second-order valence-corrected chi connectivity index (χ2v) is 10.7. The Labute approximate surface area is 237 Å². The summed E-state index contributed by atoms with van der Waals surface area (Å²) in [5, 5.41) is 10.3. The number of fused-ring (bicyclic) bond motifs is 1. The zero-order chi connectivity index (χ0) is 29.5. The number of pyridine rings is 1. The van der Waals surface area contributed by atoms with Gasteiger partial charge in [-0.15, -0.1) is 11.3 Å². The number of H-pyrrole nitrogens is 1. The highest BCUT2D eigenvalue weighted by molar-refractivity contribution is 7.18. The van der Waals surface area contributed by atoms with Crippen molar-refractivity contribution < 1.29 is 22.7 Å². The van der Waals surface area contributed by atoms with Crippen LogP contribution in [0.4, 0.5) is 13.2 Å². The van der Waals surface area contributed by atoms with Gasteiger partial charge in [0.25, 0.3) is 5.56 Å². The second-order valence-electron chi connectivity index (χ2n) is 9.62. The van der Waals surface area contributed by atoms with E-state index in [1.807, 2.05) is 50.2 Å². The number of alkyl halides is 3. The van der Waals surface area contributed by atoms with Crippen molar-refractivity contribution in [2.75, 3.05) is 6.61 Å². The maximum absolute atomic E-state index is 14.0. The lowest BCUT2D eigenvalue weighted by atomic mass is 10.0. The Hall–Kier alpha value is -4.62. The van der Waals surface area contributed by atoms with E-state index in [0.717, 1.165) is 38.6 Å². The number of carbonyl (C=O) groups excluding carboxylic acids is 1. The molecule has 0 amide bonds. The van der Waals surface area contributed by atoms with E-state index in [-0.39, 0.29) is 18.8 Å². The van der Waals surface area contributed by atoms with Gasteiger partial charge in [0, 0.05) is 15.8 Å². The van der Waals surface area contributed by atoms with Crippen LogP contribution in [0, 0.1) is 25.2 Å². The Morgan fingerprint density at radius 1 is 1.05 bits per heavy atom. The van der Waals surface area contributed by atoms with Crippen molar-refractivity contribution in [1.82, 2.24) is 9.55 Å². The maximum Gasteiger partial charge on any atom is 0.417 e. The Bertz CT molecular complexity index is 1910. The smallest absolute Gasteiger partial charge is 0.417 e. The molecule has 6 nitrogen and oxygen atoms in total. The number of hydrogen-bond donors (Lipinski definition) is 1. The van der Waals surface area contributed by atoms with Crippen molar-refractivity contribution >= 4 is 28.2 Å². The third-order valence-electron chi connectivity index (χ3n) is 6.80. The Balaban J connectivity index is 1.63. The molecule has 5 aromatic rings. The van der Waals surface area contributed by atoms with Gasteiger partial charge in [-0.3, -0.25) is 4.79 Å². The number of hydrogen-bond acceptors (Lipinski definition) is 5. The van der Waals surface area contributed by atoms with Gasteiger partial charge in [0.15, 0.2) is 0 Å². The third kappa shape index (κ3) is 5.41. The number of carbonyl (C=O) groups is 1. The summed E-state index contributed by atoms with van der Waals surface area (Å²) in [6.45, 7) is 5.77. The lowest BCUT2D eigenvalue weighted by Gasteiger charge is -2.18. The molecule has 0 aliphatic rings. The number of halogens is 3. The molecular weight excluding hydrogens is 551 g/mol. The molecule has 1 N–H and O–H groups in total. The van der Waals surface area contributed by atoms with Crippen LogP contribution in [0.5, 0.6) is 0 Å². The highest BCUT2D eigenvalue weighted by Gasteiger charge is 2.36. The first-order chi connectivity index (χ1) is 19.5. The predicted molar refractivity (Wildman–Crippen MR) is 152 cm³/mol. The van der Waals surface area contributed by atoms with Crippen LogP contribution in [0.15, 0.2) is 65.5 Å². The van der Waals surface area contributed by atoms with Crippen LogP contribution < -0.4 is 5.56 Å². The topological polar surface area (TPSA) is 87.9 Å². The summed E-state index contributed by atoms with van der Waals surface area (Å²) in [5.74, 6) is -0.466. The summed E-state index contributed by atoms with van der Waals surface area (Å²) >= 11 is 1.23. The monoisotopic (exact) mass is 575 g/mol. The van der Waals surface area contributed by atoms with Gasteiger partial charge < -0.3 is 14.3 Å². The zero-order valence-electron chi connectivity index (χ0n) is 22.3. The van der Waals surface area contributed by atoms with Crippen LogP contribution in [0.3, 0.4) is 0 Å². The molecule has 0 aliphatic heterocycles. The summed E-state index contributed by atoms with van der Waals surface area (Å²) in [5.41, 5.74) is 1.34. The van der Waals surface area contributed by atoms with E-state index >= 15 is 0 Å². The number of aryl methyl sites for hydroxylation is 2. The fraction of sp³-hybridized carbons (Fsp3) is 0.194. The van der Waals surface area contributed by atoms with E-state index in [2.05, 4.69) is 4.98 Å². The van der Waals surface area contributed by atoms with E-state index < -0.39 is 28.8 Å². The molecule has 0 spiro atoms. The number of thiophene rings is 1. The first-order valence-electron chi connectivity index (χ1n) is 12.7. The number of nitrogens with zero attached hydrogens (tertiary/aromatic N) is 2. The van der Waals surface area contributed by atoms with E-state index in [9.17, 15) is 28.0 Å². The van der Waals surface area contributed by atoms with Gasteiger partial charge in [-0.2, -0.15) is 18.4 Å². The minimum absolute atomic E-state index is 0.00536. The number of esters is 1. The van der Waals surface area contributed by atoms with Gasteiger partial charge in [0.1, 0.15) is 17.3 Å². The minimum Gasteiger partial charge on any atom is -0.461 e. The SMILES string of the molecule is CCOC(=O)c1cc2ccc(-c3ccc(-c4cc(C(F)(F)F)c(C#N)c(=O)n4Cc4ccc(C)cc4C)s3)cc2[nH]1. The Morgan fingerprint density at radius 2 is 1.80 bits per heavy atom. The molecule has 0 atom stereocenters. The molecule has 3 heterocycles. The molecule has 3 aromatic heterocycles. The molecule has 5 rings (SSSR count). The van der Waals surface area contributed by atoms with Crippen molar-refractivity contribution in [3.8, 4) is 27.1 Å². The molecular formula is C31H24F3N3O3S. The molecule has 0 saturated heterocycles. The van der Waals surface area contributed by atoms with Crippen LogP contribution >= 0.6 is 11.3 Å². The van der Waals surface area contributed by atoms with E-state index in [1.165, 1.54) is 22.0 Å². The van der Waals surface area contributed by atoms with Gasteiger partial charge >= 0.3 is 12.1 Å². The number of aromatic nitrogens is 2. The second kappa shape index (κ2) is 10.7. The quantitative estimate of drug-likeness (QED) is 0.213. The number of nitriles is 1. The Morgan fingerprint density at radius 3 is 2.49 bits per heavy atom. The van der Waals surface area contributed by atoms with Crippen LogP contribution in [0.25, 0.3) is 31.9 Å². The van der Waals surface area contributed by atoms with Gasteiger partial charge in [0.05, 0.1) is 29.3 Å². The number of rotatable bonds is 6. The van der Waals surface area contributed by atoms with Crippen LogP contribution in [-0.2, 0) is 17.5 Å².